The summed E-state index contributed by atoms with van der Waals surface area (Å²) in [5, 5.41) is 6.23. The molecule has 1 amide bonds. The van der Waals surface area contributed by atoms with Crippen molar-refractivity contribution < 1.29 is 4.79 Å². The molecule has 1 aliphatic carbocycles. The highest BCUT2D eigenvalue weighted by atomic mass is 35.5. The van der Waals surface area contributed by atoms with Gasteiger partial charge in [0.05, 0.1) is 0 Å². The summed E-state index contributed by atoms with van der Waals surface area (Å²) in [6.45, 7) is 2.91. The molecule has 0 unspecified atom stereocenters. The fourth-order valence-electron chi connectivity index (χ4n) is 1.70. The third-order valence-corrected chi connectivity index (χ3v) is 2.84. The molecule has 2 rings (SSSR count). The van der Waals surface area contributed by atoms with Crippen LogP contribution >= 0.6 is 12.4 Å². The zero-order chi connectivity index (χ0) is 9.80. The van der Waals surface area contributed by atoms with Gasteiger partial charge < -0.3 is 10.6 Å². The molecule has 0 bridgehead atoms. The van der Waals surface area contributed by atoms with Crippen LogP contribution in [-0.4, -0.2) is 25.5 Å². The summed E-state index contributed by atoms with van der Waals surface area (Å²) in [6.07, 6.45) is 6.43. The SMILES string of the molecule is Cl.O=C(C=C1CCNCC1)NCC1CC1. The lowest BCUT2D eigenvalue weighted by Gasteiger charge is -2.14. The number of carbonyl (C=O) groups is 1. The Kier molecular flexibility index (Phi) is 5.12. The van der Waals surface area contributed by atoms with E-state index >= 15 is 0 Å². The molecule has 0 aromatic heterocycles. The molecule has 15 heavy (non-hydrogen) atoms. The highest BCUT2D eigenvalue weighted by molar-refractivity contribution is 5.88. The minimum Gasteiger partial charge on any atom is -0.352 e. The lowest BCUT2D eigenvalue weighted by molar-refractivity contribution is -0.116. The van der Waals surface area contributed by atoms with Crippen molar-refractivity contribution in [1.82, 2.24) is 10.6 Å². The number of carbonyl (C=O) groups excluding carboxylic acids is 1. The molecular weight excluding hydrogens is 212 g/mol. The van der Waals surface area contributed by atoms with Crippen LogP contribution in [0.2, 0.25) is 0 Å². The van der Waals surface area contributed by atoms with E-state index in [1.807, 2.05) is 0 Å². The zero-order valence-corrected chi connectivity index (χ0v) is 9.74. The molecule has 0 spiro atoms. The third-order valence-electron chi connectivity index (χ3n) is 2.84. The van der Waals surface area contributed by atoms with Crippen molar-refractivity contribution in [3.05, 3.63) is 11.6 Å². The van der Waals surface area contributed by atoms with Crippen molar-refractivity contribution in [1.29, 1.82) is 0 Å². The lowest BCUT2D eigenvalue weighted by Crippen LogP contribution is -2.27. The number of hydrogen-bond donors (Lipinski definition) is 2. The minimum absolute atomic E-state index is 0. The average molecular weight is 231 g/mol. The first-order valence-corrected chi connectivity index (χ1v) is 5.52. The predicted octanol–water partition coefficient (Wildman–Crippen LogP) is 1.24. The Balaban J connectivity index is 0.00000112. The standard InChI is InChI=1S/C11H18N2O.ClH/c14-11(13-8-10-1-2-10)7-9-3-5-12-6-4-9;/h7,10,12H,1-6,8H2,(H,13,14);1H. The van der Waals surface area contributed by atoms with Gasteiger partial charge in [0, 0.05) is 12.6 Å². The Bertz CT molecular complexity index is 241. The van der Waals surface area contributed by atoms with Crippen LogP contribution in [-0.2, 0) is 4.79 Å². The summed E-state index contributed by atoms with van der Waals surface area (Å²) >= 11 is 0. The summed E-state index contributed by atoms with van der Waals surface area (Å²) in [5.41, 5.74) is 1.29. The molecule has 2 N–H and O–H groups in total. The second-order valence-corrected chi connectivity index (χ2v) is 4.24. The number of nitrogens with one attached hydrogen (secondary N) is 2. The Morgan fingerprint density at radius 3 is 2.67 bits per heavy atom. The van der Waals surface area contributed by atoms with E-state index in [4.69, 9.17) is 0 Å². The fourth-order valence-corrected chi connectivity index (χ4v) is 1.70. The van der Waals surface area contributed by atoms with Crippen LogP contribution in [0.5, 0.6) is 0 Å². The van der Waals surface area contributed by atoms with E-state index in [1.54, 1.807) is 6.08 Å². The normalized spacial score (nSPS) is 20.4. The van der Waals surface area contributed by atoms with Crippen molar-refractivity contribution >= 4 is 18.3 Å². The molecule has 0 aromatic rings. The number of halogens is 1. The topological polar surface area (TPSA) is 41.1 Å². The van der Waals surface area contributed by atoms with E-state index < -0.39 is 0 Å². The highest BCUT2D eigenvalue weighted by Gasteiger charge is 2.21. The number of amides is 1. The van der Waals surface area contributed by atoms with Gasteiger partial charge in [-0.05, 0) is 44.7 Å². The number of hydrogen-bond acceptors (Lipinski definition) is 2. The van der Waals surface area contributed by atoms with Gasteiger partial charge in [-0.3, -0.25) is 4.79 Å². The van der Waals surface area contributed by atoms with E-state index in [2.05, 4.69) is 10.6 Å². The summed E-state index contributed by atoms with van der Waals surface area (Å²) in [5.74, 6) is 0.874. The van der Waals surface area contributed by atoms with Crippen LogP contribution in [0.15, 0.2) is 11.6 Å². The summed E-state index contributed by atoms with van der Waals surface area (Å²) < 4.78 is 0. The molecule has 0 atom stereocenters. The Hall–Kier alpha value is -0.540. The second kappa shape index (κ2) is 6.13. The van der Waals surface area contributed by atoms with E-state index in [-0.39, 0.29) is 18.3 Å². The quantitative estimate of drug-likeness (QED) is 0.717. The van der Waals surface area contributed by atoms with Crippen LogP contribution in [0.1, 0.15) is 25.7 Å². The predicted molar refractivity (Wildman–Crippen MR) is 63.2 cm³/mol. The van der Waals surface area contributed by atoms with Gasteiger partial charge in [-0.25, -0.2) is 0 Å². The highest BCUT2D eigenvalue weighted by Crippen LogP contribution is 2.27. The van der Waals surface area contributed by atoms with Crippen LogP contribution in [0, 0.1) is 5.92 Å². The molecule has 86 valence electrons. The van der Waals surface area contributed by atoms with E-state index in [0.29, 0.717) is 0 Å². The van der Waals surface area contributed by atoms with Gasteiger partial charge in [0.25, 0.3) is 0 Å². The van der Waals surface area contributed by atoms with E-state index in [1.165, 1.54) is 18.4 Å². The van der Waals surface area contributed by atoms with E-state index in [0.717, 1.165) is 38.4 Å². The smallest absolute Gasteiger partial charge is 0.243 e. The van der Waals surface area contributed by atoms with Crippen molar-refractivity contribution in [2.75, 3.05) is 19.6 Å². The molecule has 0 radical (unpaired) electrons. The van der Waals surface area contributed by atoms with Gasteiger partial charge in [-0.1, -0.05) is 5.57 Å². The molecular formula is C11H19ClN2O. The molecule has 2 aliphatic rings. The number of piperidine rings is 1. The molecule has 0 aromatic carbocycles. The maximum Gasteiger partial charge on any atom is 0.243 e. The van der Waals surface area contributed by atoms with Gasteiger partial charge in [0.2, 0.25) is 5.91 Å². The van der Waals surface area contributed by atoms with Gasteiger partial charge in [-0.2, -0.15) is 0 Å². The van der Waals surface area contributed by atoms with Crippen molar-refractivity contribution in [2.45, 2.75) is 25.7 Å². The van der Waals surface area contributed by atoms with Crippen molar-refractivity contribution in [3.63, 3.8) is 0 Å². The molecule has 1 saturated heterocycles. The third kappa shape index (κ3) is 4.67. The monoisotopic (exact) mass is 230 g/mol. The first-order valence-electron chi connectivity index (χ1n) is 5.52. The lowest BCUT2D eigenvalue weighted by atomic mass is 10.1. The van der Waals surface area contributed by atoms with Gasteiger partial charge >= 0.3 is 0 Å². The van der Waals surface area contributed by atoms with Crippen LogP contribution < -0.4 is 10.6 Å². The van der Waals surface area contributed by atoms with E-state index in [9.17, 15) is 4.79 Å². The van der Waals surface area contributed by atoms with Gasteiger partial charge in [0.1, 0.15) is 0 Å². The largest absolute Gasteiger partial charge is 0.352 e. The van der Waals surface area contributed by atoms with Crippen LogP contribution in [0.3, 0.4) is 0 Å². The number of rotatable bonds is 3. The zero-order valence-electron chi connectivity index (χ0n) is 8.92. The van der Waals surface area contributed by atoms with Crippen molar-refractivity contribution in [2.24, 2.45) is 5.92 Å². The first kappa shape index (κ1) is 12.5. The molecule has 3 nitrogen and oxygen atoms in total. The summed E-state index contributed by atoms with van der Waals surface area (Å²) in [4.78, 5) is 11.4. The second-order valence-electron chi connectivity index (χ2n) is 4.24. The average Bonchev–Trinajstić information content (AvgIpc) is 3.00. The van der Waals surface area contributed by atoms with Crippen molar-refractivity contribution in [3.8, 4) is 0 Å². The molecule has 4 heteroatoms. The summed E-state index contributed by atoms with van der Waals surface area (Å²) in [7, 11) is 0. The Labute approximate surface area is 97.1 Å². The maximum atomic E-state index is 11.4. The first-order chi connectivity index (χ1) is 6.84. The fraction of sp³-hybridized carbons (Fsp3) is 0.727. The Morgan fingerprint density at radius 2 is 2.07 bits per heavy atom. The Morgan fingerprint density at radius 1 is 1.40 bits per heavy atom. The maximum absolute atomic E-state index is 11.4. The molecule has 1 aliphatic heterocycles. The molecule has 2 fully saturated rings. The molecule has 1 heterocycles. The van der Waals surface area contributed by atoms with Gasteiger partial charge in [0.15, 0.2) is 0 Å². The molecule has 1 saturated carbocycles. The van der Waals surface area contributed by atoms with Crippen LogP contribution in [0.4, 0.5) is 0 Å². The van der Waals surface area contributed by atoms with Gasteiger partial charge in [-0.15, -0.1) is 12.4 Å². The summed E-state index contributed by atoms with van der Waals surface area (Å²) in [6, 6.07) is 0. The van der Waals surface area contributed by atoms with Crippen LogP contribution in [0.25, 0.3) is 0 Å². The minimum atomic E-state index is 0.